The van der Waals surface area contributed by atoms with Crippen LogP contribution in [-0.2, 0) is 16.0 Å². The fraction of sp³-hybridized carbons (Fsp3) is 0.111. The van der Waals surface area contributed by atoms with Crippen molar-refractivity contribution in [2.24, 2.45) is 0 Å². The van der Waals surface area contributed by atoms with Crippen molar-refractivity contribution in [2.45, 2.75) is 5.75 Å². The minimum atomic E-state index is -4.41. The maximum Gasteiger partial charge on any atom is 0.307 e. The molecule has 14 heavy (non-hydrogen) atoms. The lowest BCUT2D eigenvalue weighted by molar-refractivity contribution is 0.551. The Balaban J connectivity index is 2.46. The largest absolute Gasteiger partial charge is 0.307 e. The predicted octanol–water partition coefficient (Wildman–Crippen LogP) is 2.70. The zero-order valence-corrected chi connectivity index (χ0v) is 8.74. The van der Waals surface area contributed by atoms with E-state index in [-0.39, 0.29) is 0 Å². The normalized spacial score (nSPS) is 12.1. The Bertz CT molecular complexity index is 524. The van der Waals surface area contributed by atoms with Crippen LogP contribution in [0.25, 0.3) is 10.1 Å². The van der Waals surface area contributed by atoms with Gasteiger partial charge < -0.3 is 0 Å². The summed E-state index contributed by atoms with van der Waals surface area (Å²) in [6, 6.07) is 9.20. The molecule has 0 saturated heterocycles. The molecule has 0 N–H and O–H groups in total. The molecule has 0 aliphatic rings. The number of halogens is 1. The maximum atomic E-state index is 12.4. The Hall–Kier alpha value is -0.940. The van der Waals surface area contributed by atoms with E-state index in [1.165, 1.54) is 11.3 Å². The SMILES string of the molecule is O=S(=O)(F)Cc1cc2ccccc2s1. The molecule has 0 aliphatic carbocycles. The molecular formula is C9H7FO2S2. The van der Waals surface area contributed by atoms with Gasteiger partial charge in [0, 0.05) is 9.58 Å². The van der Waals surface area contributed by atoms with Gasteiger partial charge in [-0.3, -0.25) is 0 Å². The van der Waals surface area contributed by atoms with E-state index in [1.54, 1.807) is 6.07 Å². The molecule has 0 fully saturated rings. The van der Waals surface area contributed by atoms with Gasteiger partial charge in [-0.15, -0.1) is 15.2 Å². The molecule has 0 atom stereocenters. The van der Waals surface area contributed by atoms with Crippen molar-refractivity contribution in [3.05, 3.63) is 35.2 Å². The van der Waals surface area contributed by atoms with Gasteiger partial charge in [-0.2, -0.15) is 8.42 Å². The molecule has 0 unspecified atom stereocenters. The topological polar surface area (TPSA) is 34.1 Å². The first-order valence-corrected chi connectivity index (χ1v) is 6.31. The molecule has 0 spiro atoms. The van der Waals surface area contributed by atoms with Crippen LogP contribution in [0.2, 0.25) is 0 Å². The Labute approximate surface area is 85.2 Å². The lowest BCUT2D eigenvalue weighted by atomic mass is 10.2. The van der Waals surface area contributed by atoms with Crippen molar-refractivity contribution in [3.8, 4) is 0 Å². The van der Waals surface area contributed by atoms with E-state index in [0.717, 1.165) is 10.1 Å². The van der Waals surface area contributed by atoms with Crippen LogP contribution in [0.3, 0.4) is 0 Å². The number of hydrogen-bond donors (Lipinski definition) is 0. The van der Waals surface area contributed by atoms with Gasteiger partial charge >= 0.3 is 10.2 Å². The van der Waals surface area contributed by atoms with Gasteiger partial charge in [-0.25, -0.2) is 0 Å². The van der Waals surface area contributed by atoms with Crippen molar-refractivity contribution in [2.75, 3.05) is 0 Å². The molecule has 1 aromatic carbocycles. The number of thiophene rings is 1. The molecule has 5 heteroatoms. The summed E-state index contributed by atoms with van der Waals surface area (Å²) in [7, 11) is -4.41. The monoisotopic (exact) mass is 230 g/mol. The fourth-order valence-electron chi connectivity index (χ4n) is 1.28. The number of hydrogen-bond acceptors (Lipinski definition) is 3. The summed E-state index contributed by atoms with van der Waals surface area (Å²) in [6.07, 6.45) is 0. The molecule has 0 bridgehead atoms. The molecular weight excluding hydrogens is 223 g/mol. The standard InChI is InChI=1S/C9H7FO2S2/c10-14(11,12)6-8-5-7-3-1-2-4-9(7)13-8/h1-5H,6H2. The van der Waals surface area contributed by atoms with Gasteiger partial charge in [0.05, 0.1) is 0 Å². The van der Waals surface area contributed by atoms with E-state index >= 15 is 0 Å². The summed E-state index contributed by atoms with van der Waals surface area (Å²) in [5, 5.41) is 0.955. The van der Waals surface area contributed by atoms with Gasteiger partial charge in [0.2, 0.25) is 0 Å². The second-order valence-corrected chi connectivity index (χ2v) is 5.47. The third kappa shape index (κ3) is 2.10. The molecule has 0 saturated carbocycles. The Morgan fingerprint density at radius 2 is 2.00 bits per heavy atom. The summed E-state index contributed by atoms with van der Waals surface area (Å²) in [5.41, 5.74) is 0. The van der Waals surface area contributed by atoms with E-state index in [1.807, 2.05) is 24.3 Å². The minimum absolute atomic E-state index is 0.521. The van der Waals surface area contributed by atoms with Crippen LogP contribution in [-0.4, -0.2) is 8.42 Å². The van der Waals surface area contributed by atoms with E-state index < -0.39 is 16.0 Å². The van der Waals surface area contributed by atoms with E-state index in [0.29, 0.717) is 4.88 Å². The summed E-state index contributed by atoms with van der Waals surface area (Å²) in [5.74, 6) is -0.521. The zero-order valence-electron chi connectivity index (χ0n) is 7.10. The Morgan fingerprint density at radius 1 is 1.29 bits per heavy atom. The quantitative estimate of drug-likeness (QED) is 0.743. The van der Waals surface area contributed by atoms with Crippen LogP contribution in [0.5, 0.6) is 0 Å². The molecule has 74 valence electrons. The molecule has 2 aromatic rings. The summed E-state index contributed by atoms with van der Waals surface area (Å²) in [4.78, 5) is 0.536. The molecule has 1 heterocycles. The Morgan fingerprint density at radius 3 is 2.64 bits per heavy atom. The number of rotatable bonds is 2. The number of fused-ring (bicyclic) bond motifs is 1. The highest BCUT2D eigenvalue weighted by molar-refractivity contribution is 7.85. The second kappa shape index (κ2) is 3.33. The van der Waals surface area contributed by atoms with Crippen LogP contribution in [0.15, 0.2) is 30.3 Å². The van der Waals surface area contributed by atoms with Gasteiger partial charge in [0.15, 0.2) is 0 Å². The van der Waals surface area contributed by atoms with Gasteiger partial charge in [0.1, 0.15) is 5.75 Å². The maximum absolute atomic E-state index is 12.4. The van der Waals surface area contributed by atoms with Gasteiger partial charge in [-0.05, 0) is 17.5 Å². The van der Waals surface area contributed by atoms with E-state index in [9.17, 15) is 12.3 Å². The predicted molar refractivity (Wildman–Crippen MR) is 55.6 cm³/mol. The molecule has 1 aromatic heterocycles. The van der Waals surface area contributed by atoms with Crippen molar-refractivity contribution in [3.63, 3.8) is 0 Å². The third-order valence-corrected chi connectivity index (χ3v) is 3.75. The van der Waals surface area contributed by atoms with Crippen LogP contribution in [0, 0.1) is 0 Å². The van der Waals surface area contributed by atoms with Crippen molar-refractivity contribution < 1.29 is 12.3 Å². The molecule has 2 nitrogen and oxygen atoms in total. The zero-order chi connectivity index (χ0) is 10.2. The lowest BCUT2D eigenvalue weighted by Crippen LogP contribution is -1.92. The van der Waals surface area contributed by atoms with Crippen molar-refractivity contribution >= 4 is 31.6 Å². The lowest BCUT2D eigenvalue weighted by Gasteiger charge is -1.87. The minimum Gasteiger partial charge on any atom is -0.194 e. The van der Waals surface area contributed by atoms with E-state index in [2.05, 4.69) is 0 Å². The van der Waals surface area contributed by atoms with Crippen LogP contribution < -0.4 is 0 Å². The van der Waals surface area contributed by atoms with Crippen LogP contribution in [0.1, 0.15) is 4.88 Å². The highest BCUT2D eigenvalue weighted by Crippen LogP contribution is 2.26. The first kappa shape index (κ1) is 9.61. The molecule has 2 rings (SSSR count). The second-order valence-electron chi connectivity index (χ2n) is 2.93. The van der Waals surface area contributed by atoms with Gasteiger partial charge in [0.25, 0.3) is 0 Å². The summed E-state index contributed by atoms with van der Waals surface area (Å²) >= 11 is 1.30. The van der Waals surface area contributed by atoms with Crippen LogP contribution in [0.4, 0.5) is 3.89 Å². The summed E-state index contributed by atoms with van der Waals surface area (Å²) < 4.78 is 34.2. The fourth-order valence-corrected chi connectivity index (χ4v) is 3.22. The highest BCUT2D eigenvalue weighted by Gasteiger charge is 2.11. The first-order valence-electron chi connectivity index (χ1n) is 3.94. The average Bonchev–Trinajstić information content (AvgIpc) is 2.42. The van der Waals surface area contributed by atoms with Crippen molar-refractivity contribution in [1.82, 2.24) is 0 Å². The third-order valence-electron chi connectivity index (χ3n) is 1.79. The summed E-state index contributed by atoms with van der Waals surface area (Å²) in [6.45, 7) is 0. The number of benzene rings is 1. The Kier molecular flexibility index (Phi) is 2.28. The molecule has 0 aliphatic heterocycles. The van der Waals surface area contributed by atoms with E-state index in [4.69, 9.17) is 0 Å². The van der Waals surface area contributed by atoms with Crippen molar-refractivity contribution in [1.29, 1.82) is 0 Å². The van der Waals surface area contributed by atoms with Crippen LogP contribution >= 0.6 is 11.3 Å². The first-order chi connectivity index (χ1) is 6.54. The molecule has 0 radical (unpaired) electrons. The molecule has 0 amide bonds. The highest BCUT2D eigenvalue weighted by atomic mass is 32.3. The average molecular weight is 230 g/mol. The smallest absolute Gasteiger partial charge is 0.194 e. The van der Waals surface area contributed by atoms with Gasteiger partial charge in [-0.1, -0.05) is 18.2 Å².